The second-order valence-electron chi connectivity index (χ2n) is 9.53. The van der Waals surface area contributed by atoms with E-state index in [1.165, 1.54) is 23.6 Å². The summed E-state index contributed by atoms with van der Waals surface area (Å²) in [5.41, 5.74) is -0.0591. The largest absolute Gasteiger partial charge is 0.478 e. The fourth-order valence-electron chi connectivity index (χ4n) is 4.31. The van der Waals surface area contributed by atoms with Crippen molar-refractivity contribution in [1.82, 2.24) is 9.88 Å². The van der Waals surface area contributed by atoms with Crippen LogP contribution in [0.1, 0.15) is 64.9 Å². The van der Waals surface area contributed by atoms with Gasteiger partial charge in [0.1, 0.15) is 11.4 Å². The van der Waals surface area contributed by atoms with E-state index in [2.05, 4.69) is 4.98 Å². The Hall–Kier alpha value is -2.90. The SMILES string of the molecule is CC(C)(C)OC(=O)N(c1ccc(C=CC(=O)O)cn1)[C@@H]1CCN(C(=O)C2CCCCC2)C1. The van der Waals surface area contributed by atoms with Crippen molar-refractivity contribution in [1.29, 1.82) is 0 Å². The molecule has 8 nitrogen and oxygen atoms in total. The van der Waals surface area contributed by atoms with Gasteiger partial charge in [-0.2, -0.15) is 0 Å². The first kappa shape index (κ1) is 23.8. The number of likely N-dealkylation sites (tertiary alicyclic amines) is 1. The van der Waals surface area contributed by atoms with E-state index in [0.717, 1.165) is 31.8 Å². The van der Waals surface area contributed by atoms with Crippen molar-refractivity contribution in [2.45, 2.75) is 70.9 Å². The molecule has 174 valence electrons. The smallest absolute Gasteiger partial charge is 0.416 e. The lowest BCUT2D eigenvalue weighted by Gasteiger charge is -2.31. The fourth-order valence-corrected chi connectivity index (χ4v) is 4.31. The summed E-state index contributed by atoms with van der Waals surface area (Å²) >= 11 is 0. The highest BCUT2D eigenvalue weighted by Gasteiger charge is 2.38. The van der Waals surface area contributed by atoms with Crippen LogP contribution in [0.3, 0.4) is 0 Å². The first-order valence-corrected chi connectivity index (χ1v) is 11.3. The Balaban J connectivity index is 1.78. The van der Waals surface area contributed by atoms with Crippen LogP contribution in [0, 0.1) is 5.92 Å². The minimum atomic E-state index is -1.04. The van der Waals surface area contributed by atoms with E-state index < -0.39 is 17.7 Å². The molecule has 0 unspecified atom stereocenters. The summed E-state index contributed by atoms with van der Waals surface area (Å²) in [6.07, 6.45) is 9.44. The normalized spacial score (nSPS) is 19.8. The highest BCUT2D eigenvalue weighted by Crippen LogP contribution is 2.29. The summed E-state index contributed by atoms with van der Waals surface area (Å²) in [4.78, 5) is 44.6. The second-order valence-corrected chi connectivity index (χ2v) is 9.53. The third-order valence-electron chi connectivity index (χ3n) is 5.82. The molecule has 2 aliphatic rings. The number of anilines is 1. The number of hydrogen-bond acceptors (Lipinski definition) is 5. The highest BCUT2D eigenvalue weighted by molar-refractivity contribution is 5.88. The third kappa shape index (κ3) is 6.31. The number of aliphatic carboxylic acids is 1. The van der Waals surface area contributed by atoms with E-state index >= 15 is 0 Å². The summed E-state index contributed by atoms with van der Waals surface area (Å²) in [5, 5.41) is 8.80. The molecule has 1 saturated heterocycles. The third-order valence-corrected chi connectivity index (χ3v) is 5.82. The van der Waals surface area contributed by atoms with Gasteiger partial charge < -0.3 is 14.7 Å². The number of carboxylic acids is 1. The van der Waals surface area contributed by atoms with Crippen LogP contribution in [-0.4, -0.2) is 57.7 Å². The van der Waals surface area contributed by atoms with Gasteiger partial charge in [0.25, 0.3) is 0 Å². The predicted octanol–water partition coefficient (Wildman–Crippen LogP) is 4.10. The molecule has 8 heteroatoms. The van der Waals surface area contributed by atoms with Crippen molar-refractivity contribution in [2.75, 3.05) is 18.0 Å². The van der Waals surface area contributed by atoms with Crippen molar-refractivity contribution in [3.8, 4) is 0 Å². The Labute approximate surface area is 189 Å². The number of nitrogens with zero attached hydrogens (tertiary/aromatic N) is 3. The van der Waals surface area contributed by atoms with E-state index in [1.807, 2.05) is 25.7 Å². The van der Waals surface area contributed by atoms with Crippen molar-refractivity contribution < 1.29 is 24.2 Å². The highest BCUT2D eigenvalue weighted by atomic mass is 16.6. The summed E-state index contributed by atoms with van der Waals surface area (Å²) in [6, 6.07) is 3.15. The van der Waals surface area contributed by atoms with Crippen molar-refractivity contribution in [3.05, 3.63) is 30.0 Å². The number of carbonyl (C=O) groups excluding carboxylic acids is 2. The van der Waals surface area contributed by atoms with Gasteiger partial charge in [0, 0.05) is 31.3 Å². The van der Waals surface area contributed by atoms with Crippen LogP contribution in [0.4, 0.5) is 10.6 Å². The zero-order valence-electron chi connectivity index (χ0n) is 19.1. The molecule has 0 radical (unpaired) electrons. The monoisotopic (exact) mass is 443 g/mol. The van der Waals surface area contributed by atoms with Gasteiger partial charge in [-0.05, 0) is 63.8 Å². The molecule has 1 aliphatic carbocycles. The van der Waals surface area contributed by atoms with Crippen LogP contribution in [0.2, 0.25) is 0 Å². The summed E-state index contributed by atoms with van der Waals surface area (Å²) in [6.45, 7) is 6.49. The Morgan fingerprint density at radius 2 is 1.88 bits per heavy atom. The van der Waals surface area contributed by atoms with Crippen molar-refractivity contribution in [2.24, 2.45) is 5.92 Å². The van der Waals surface area contributed by atoms with Crippen LogP contribution in [0.25, 0.3) is 6.08 Å². The summed E-state index contributed by atoms with van der Waals surface area (Å²) < 4.78 is 5.64. The molecule has 0 aromatic carbocycles. The molecular weight excluding hydrogens is 410 g/mol. The molecule has 1 aliphatic heterocycles. The van der Waals surface area contributed by atoms with Crippen molar-refractivity contribution >= 4 is 29.9 Å². The minimum absolute atomic E-state index is 0.0934. The molecule has 1 aromatic rings. The van der Waals surface area contributed by atoms with Crippen LogP contribution < -0.4 is 4.90 Å². The number of aromatic nitrogens is 1. The lowest BCUT2D eigenvalue weighted by Crippen LogP contribution is -2.46. The molecule has 1 N–H and O–H groups in total. The van der Waals surface area contributed by atoms with Gasteiger partial charge in [-0.15, -0.1) is 0 Å². The van der Waals surface area contributed by atoms with Gasteiger partial charge in [0.2, 0.25) is 5.91 Å². The summed E-state index contributed by atoms with van der Waals surface area (Å²) in [7, 11) is 0. The summed E-state index contributed by atoms with van der Waals surface area (Å²) in [5.74, 6) is -0.337. The average Bonchev–Trinajstić information content (AvgIpc) is 3.21. The van der Waals surface area contributed by atoms with E-state index in [1.54, 1.807) is 12.1 Å². The van der Waals surface area contributed by atoms with Crippen molar-refractivity contribution in [3.63, 3.8) is 0 Å². The van der Waals surface area contributed by atoms with Gasteiger partial charge in [0.05, 0.1) is 6.04 Å². The quantitative estimate of drug-likeness (QED) is 0.688. The Morgan fingerprint density at radius 3 is 2.47 bits per heavy atom. The second kappa shape index (κ2) is 10.1. The van der Waals surface area contributed by atoms with Crippen LogP contribution in [0.15, 0.2) is 24.4 Å². The molecule has 2 amide bonds. The van der Waals surface area contributed by atoms with Crippen LogP contribution in [-0.2, 0) is 14.3 Å². The Morgan fingerprint density at radius 1 is 1.16 bits per heavy atom. The molecule has 32 heavy (non-hydrogen) atoms. The Kier molecular flexibility index (Phi) is 7.53. The van der Waals surface area contributed by atoms with Gasteiger partial charge in [0.15, 0.2) is 0 Å². The molecule has 1 saturated carbocycles. The lowest BCUT2D eigenvalue weighted by atomic mass is 9.88. The average molecular weight is 444 g/mol. The maximum Gasteiger partial charge on any atom is 0.416 e. The number of ether oxygens (including phenoxy) is 1. The number of pyridine rings is 1. The van der Waals surface area contributed by atoms with Gasteiger partial charge in [-0.1, -0.05) is 19.3 Å². The van der Waals surface area contributed by atoms with E-state index in [4.69, 9.17) is 9.84 Å². The van der Waals surface area contributed by atoms with E-state index in [0.29, 0.717) is 30.9 Å². The minimum Gasteiger partial charge on any atom is -0.478 e. The van der Waals surface area contributed by atoms with Crippen LogP contribution in [0.5, 0.6) is 0 Å². The number of carboxylic acid groups (broad SMARTS) is 1. The molecule has 3 rings (SSSR count). The number of amides is 2. The van der Waals surface area contributed by atoms with Gasteiger partial charge in [-0.25, -0.2) is 14.6 Å². The number of hydrogen-bond donors (Lipinski definition) is 1. The molecule has 2 fully saturated rings. The maximum absolute atomic E-state index is 13.1. The maximum atomic E-state index is 13.1. The van der Waals surface area contributed by atoms with Gasteiger partial charge in [-0.3, -0.25) is 9.69 Å². The predicted molar refractivity (Wildman–Crippen MR) is 121 cm³/mol. The van der Waals surface area contributed by atoms with Gasteiger partial charge >= 0.3 is 12.1 Å². The molecule has 0 bridgehead atoms. The first-order chi connectivity index (χ1) is 15.1. The standard InChI is InChI=1S/C24H33N3O5/c1-24(2,3)32-23(31)27(20-11-9-17(15-25-20)10-12-21(28)29)19-13-14-26(16-19)22(30)18-7-5-4-6-8-18/h9-12,15,18-19H,4-8,13-14,16H2,1-3H3,(H,28,29)/t19-/m1/s1. The van der Waals surface area contributed by atoms with Crippen LogP contribution >= 0.6 is 0 Å². The fraction of sp³-hybridized carbons (Fsp3) is 0.583. The first-order valence-electron chi connectivity index (χ1n) is 11.3. The molecule has 2 heterocycles. The lowest BCUT2D eigenvalue weighted by molar-refractivity contribution is -0.135. The molecular formula is C24H33N3O5. The zero-order chi connectivity index (χ0) is 23.3. The number of carbonyl (C=O) groups is 3. The van der Waals surface area contributed by atoms with E-state index in [9.17, 15) is 14.4 Å². The van der Waals surface area contributed by atoms with E-state index in [-0.39, 0.29) is 17.9 Å². The number of rotatable bonds is 5. The topological polar surface area (TPSA) is 100 Å². The molecule has 1 aromatic heterocycles. The molecule has 1 atom stereocenters. The zero-order valence-corrected chi connectivity index (χ0v) is 19.1. The molecule has 0 spiro atoms. The Bertz CT molecular complexity index is 853.